The van der Waals surface area contributed by atoms with Gasteiger partial charge in [0.05, 0.1) is 0 Å². The minimum absolute atomic E-state index is 0.442. The van der Waals surface area contributed by atoms with Crippen molar-refractivity contribution in [1.29, 1.82) is 0 Å². The molecule has 1 aromatic rings. The summed E-state index contributed by atoms with van der Waals surface area (Å²) >= 11 is 0. The molecule has 0 aliphatic heterocycles. The third kappa shape index (κ3) is 3.87. The average Bonchev–Trinajstić information content (AvgIpc) is 2.28. The Labute approximate surface area is 100.0 Å². The molecular formula is C10H18N6O. The highest BCUT2D eigenvalue weighted by atomic mass is 16.1. The smallest absolute Gasteiger partial charge is 0.239 e. The van der Waals surface area contributed by atoms with E-state index in [1.165, 1.54) is 0 Å². The first-order chi connectivity index (χ1) is 8.06. The molecule has 0 fully saturated rings. The second kappa shape index (κ2) is 6.00. The molecule has 0 bridgehead atoms. The molecule has 1 heterocycles. The summed E-state index contributed by atoms with van der Waals surface area (Å²) in [6.45, 7) is 3.70. The number of carbonyl (C=O) groups excluding carboxylic acids is 1. The molecule has 6 N–H and O–H groups in total. The summed E-state index contributed by atoms with van der Waals surface area (Å²) in [4.78, 5) is 19.4. The predicted octanol–water partition coefficient (Wildman–Crippen LogP) is 0.000400. The van der Waals surface area contributed by atoms with Crippen molar-refractivity contribution in [3.63, 3.8) is 0 Å². The Balaban J connectivity index is 2.90. The molecule has 7 heteroatoms. The summed E-state index contributed by atoms with van der Waals surface area (Å²) in [7, 11) is 0. The largest absolute Gasteiger partial charge is 0.368 e. The Morgan fingerprint density at radius 2 is 2.12 bits per heavy atom. The number of rotatable bonds is 6. The van der Waals surface area contributed by atoms with E-state index in [1.54, 1.807) is 13.0 Å². The number of hydrazine groups is 1. The molecule has 0 aliphatic rings. The van der Waals surface area contributed by atoms with Gasteiger partial charge in [-0.05, 0) is 13.3 Å². The molecule has 94 valence electrons. The van der Waals surface area contributed by atoms with E-state index in [9.17, 15) is 4.79 Å². The van der Waals surface area contributed by atoms with Crippen LogP contribution in [0.1, 0.15) is 26.1 Å². The van der Waals surface area contributed by atoms with Gasteiger partial charge in [-0.2, -0.15) is 0 Å². The average molecular weight is 238 g/mol. The van der Waals surface area contributed by atoms with Gasteiger partial charge in [-0.3, -0.25) is 4.79 Å². The SMILES string of the molecule is CCCc1nc(NN)cc(NC(C)C(N)=O)n1. The molecular weight excluding hydrogens is 220 g/mol. The van der Waals surface area contributed by atoms with Crippen molar-refractivity contribution in [3.8, 4) is 0 Å². The number of hydrogen-bond donors (Lipinski definition) is 4. The number of nitrogen functional groups attached to an aromatic ring is 1. The first kappa shape index (κ1) is 13.2. The summed E-state index contributed by atoms with van der Waals surface area (Å²) in [5.74, 6) is 6.57. The van der Waals surface area contributed by atoms with E-state index in [0.717, 1.165) is 12.8 Å². The topological polar surface area (TPSA) is 119 Å². The van der Waals surface area contributed by atoms with Gasteiger partial charge in [0.1, 0.15) is 23.5 Å². The fourth-order valence-corrected chi connectivity index (χ4v) is 1.27. The lowest BCUT2D eigenvalue weighted by Gasteiger charge is -2.12. The van der Waals surface area contributed by atoms with Crippen LogP contribution in [0.5, 0.6) is 0 Å². The van der Waals surface area contributed by atoms with Gasteiger partial charge in [0.25, 0.3) is 0 Å². The molecule has 0 spiro atoms. The van der Waals surface area contributed by atoms with Gasteiger partial charge < -0.3 is 16.5 Å². The van der Waals surface area contributed by atoms with E-state index >= 15 is 0 Å². The van der Waals surface area contributed by atoms with E-state index in [4.69, 9.17) is 11.6 Å². The lowest BCUT2D eigenvalue weighted by Crippen LogP contribution is -2.33. The van der Waals surface area contributed by atoms with Gasteiger partial charge in [0.15, 0.2) is 0 Å². The zero-order valence-corrected chi connectivity index (χ0v) is 10.0. The van der Waals surface area contributed by atoms with Gasteiger partial charge >= 0.3 is 0 Å². The van der Waals surface area contributed by atoms with Crippen LogP contribution < -0.4 is 22.3 Å². The number of nitrogens with one attached hydrogen (secondary N) is 2. The maximum atomic E-state index is 10.9. The number of carbonyl (C=O) groups is 1. The molecule has 0 aromatic carbocycles. The van der Waals surface area contributed by atoms with Crippen molar-refractivity contribution in [3.05, 3.63) is 11.9 Å². The van der Waals surface area contributed by atoms with Crippen LogP contribution in [0, 0.1) is 0 Å². The highest BCUT2D eigenvalue weighted by Crippen LogP contribution is 2.12. The number of aryl methyl sites for hydroxylation is 1. The lowest BCUT2D eigenvalue weighted by molar-refractivity contribution is -0.118. The van der Waals surface area contributed by atoms with Crippen molar-refractivity contribution >= 4 is 17.5 Å². The standard InChI is InChI=1S/C10H18N6O/c1-3-4-7-14-8(5-9(15-7)16-12)13-6(2)10(11)17/h5-6H,3-4,12H2,1-2H3,(H2,11,17)(H2,13,14,15,16). The molecule has 1 atom stereocenters. The van der Waals surface area contributed by atoms with Gasteiger partial charge in [-0.15, -0.1) is 0 Å². The molecule has 1 rings (SSSR count). The highest BCUT2D eigenvalue weighted by Gasteiger charge is 2.10. The number of primary amides is 1. The van der Waals surface area contributed by atoms with E-state index in [1.807, 2.05) is 6.92 Å². The number of nitrogens with two attached hydrogens (primary N) is 2. The van der Waals surface area contributed by atoms with Crippen LogP contribution in [0.25, 0.3) is 0 Å². The van der Waals surface area contributed by atoms with Crippen LogP contribution in [-0.2, 0) is 11.2 Å². The Kier molecular flexibility index (Phi) is 4.65. The van der Waals surface area contributed by atoms with Crippen molar-refractivity contribution in [2.45, 2.75) is 32.7 Å². The number of hydrogen-bond acceptors (Lipinski definition) is 6. The van der Waals surface area contributed by atoms with Gasteiger partial charge in [-0.25, -0.2) is 15.8 Å². The monoisotopic (exact) mass is 238 g/mol. The second-order valence-electron chi connectivity index (χ2n) is 3.72. The van der Waals surface area contributed by atoms with E-state index in [-0.39, 0.29) is 0 Å². The predicted molar refractivity (Wildman–Crippen MR) is 66.1 cm³/mol. The summed E-state index contributed by atoms with van der Waals surface area (Å²) < 4.78 is 0. The van der Waals surface area contributed by atoms with Gasteiger partial charge in [0.2, 0.25) is 5.91 Å². The number of anilines is 2. The molecule has 17 heavy (non-hydrogen) atoms. The normalized spacial score (nSPS) is 11.9. The van der Waals surface area contributed by atoms with Crippen LogP contribution in [0.3, 0.4) is 0 Å². The Morgan fingerprint density at radius 3 is 2.65 bits per heavy atom. The minimum atomic E-state index is -0.495. The molecule has 7 nitrogen and oxygen atoms in total. The first-order valence-corrected chi connectivity index (χ1v) is 5.47. The number of aromatic nitrogens is 2. The molecule has 0 aliphatic carbocycles. The fraction of sp³-hybridized carbons (Fsp3) is 0.500. The van der Waals surface area contributed by atoms with Crippen molar-refractivity contribution in [2.75, 3.05) is 10.7 Å². The third-order valence-corrected chi connectivity index (χ3v) is 2.19. The lowest BCUT2D eigenvalue weighted by atomic mass is 10.3. The second-order valence-corrected chi connectivity index (χ2v) is 3.72. The minimum Gasteiger partial charge on any atom is -0.368 e. The van der Waals surface area contributed by atoms with Crippen LogP contribution in [0.4, 0.5) is 11.6 Å². The van der Waals surface area contributed by atoms with Gasteiger partial charge in [0, 0.05) is 12.5 Å². The Bertz CT molecular complexity index is 394. The Morgan fingerprint density at radius 1 is 1.47 bits per heavy atom. The van der Waals surface area contributed by atoms with Gasteiger partial charge in [-0.1, -0.05) is 6.92 Å². The molecule has 1 unspecified atom stereocenters. The summed E-state index contributed by atoms with van der Waals surface area (Å²) in [5.41, 5.74) is 7.63. The maximum Gasteiger partial charge on any atom is 0.239 e. The molecule has 0 saturated heterocycles. The molecule has 1 amide bonds. The molecule has 1 aromatic heterocycles. The molecule has 0 radical (unpaired) electrons. The third-order valence-electron chi connectivity index (χ3n) is 2.19. The first-order valence-electron chi connectivity index (χ1n) is 5.47. The fourth-order valence-electron chi connectivity index (χ4n) is 1.27. The zero-order valence-electron chi connectivity index (χ0n) is 10.0. The quantitative estimate of drug-likeness (QED) is 0.409. The highest BCUT2D eigenvalue weighted by molar-refractivity contribution is 5.82. The van der Waals surface area contributed by atoms with E-state index in [2.05, 4.69) is 20.7 Å². The summed E-state index contributed by atoms with van der Waals surface area (Å²) in [6.07, 6.45) is 1.67. The van der Waals surface area contributed by atoms with Crippen LogP contribution in [0.15, 0.2) is 6.07 Å². The summed E-state index contributed by atoms with van der Waals surface area (Å²) in [6, 6.07) is 1.13. The van der Waals surface area contributed by atoms with Crippen LogP contribution >= 0.6 is 0 Å². The number of nitrogens with zero attached hydrogens (tertiary/aromatic N) is 2. The Hall–Kier alpha value is -1.89. The van der Waals surface area contributed by atoms with E-state index in [0.29, 0.717) is 17.5 Å². The van der Waals surface area contributed by atoms with Crippen LogP contribution in [0.2, 0.25) is 0 Å². The van der Waals surface area contributed by atoms with Crippen LogP contribution in [-0.4, -0.2) is 21.9 Å². The number of amides is 1. The van der Waals surface area contributed by atoms with Crippen molar-refractivity contribution in [1.82, 2.24) is 9.97 Å². The van der Waals surface area contributed by atoms with E-state index < -0.39 is 11.9 Å². The van der Waals surface area contributed by atoms with Crippen molar-refractivity contribution < 1.29 is 4.79 Å². The molecule has 0 saturated carbocycles. The van der Waals surface area contributed by atoms with Crippen molar-refractivity contribution in [2.24, 2.45) is 11.6 Å². The summed E-state index contributed by atoms with van der Waals surface area (Å²) in [5, 5.41) is 2.89. The maximum absolute atomic E-state index is 10.9. The zero-order chi connectivity index (χ0) is 12.8.